The van der Waals surface area contributed by atoms with Crippen LogP contribution in [0.4, 0.5) is 0 Å². The molecule has 66 valence electrons. The summed E-state index contributed by atoms with van der Waals surface area (Å²) >= 11 is 3.09. The second-order valence-electron chi connectivity index (χ2n) is 3.32. The van der Waals surface area contributed by atoms with Gasteiger partial charge in [-0.3, -0.25) is 0 Å². The Morgan fingerprint density at radius 2 is 1.64 bits per heavy atom. The summed E-state index contributed by atoms with van der Waals surface area (Å²) in [5, 5.41) is 2.91. The van der Waals surface area contributed by atoms with E-state index in [1.165, 1.54) is 46.3 Å². The first-order valence-electron chi connectivity index (χ1n) is 4.52. The van der Waals surface area contributed by atoms with E-state index in [0.29, 0.717) is 0 Å². The van der Waals surface area contributed by atoms with Gasteiger partial charge in [-0.2, -0.15) is 0 Å². The predicted octanol–water partition coefficient (Wildman–Crippen LogP) is 2.58. The van der Waals surface area contributed by atoms with Gasteiger partial charge in [-0.15, -0.1) is 0 Å². The van der Waals surface area contributed by atoms with Crippen molar-refractivity contribution >= 4 is 57.6 Å². The van der Waals surface area contributed by atoms with Crippen molar-refractivity contribution < 1.29 is 0 Å². The van der Waals surface area contributed by atoms with Crippen molar-refractivity contribution in [2.45, 2.75) is 0 Å². The SMILES string of the molecule is [SnH][c]1cccc2sc3ccccc3c12. The van der Waals surface area contributed by atoms with Crippen LogP contribution in [0.2, 0.25) is 0 Å². The van der Waals surface area contributed by atoms with Gasteiger partial charge in [0, 0.05) is 0 Å². The zero-order chi connectivity index (χ0) is 9.54. The second kappa shape index (κ2) is 3.24. The van der Waals surface area contributed by atoms with Gasteiger partial charge in [-0.1, -0.05) is 0 Å². The van der Waals surface area contributed by atoms with E-state index < -0.39 is 0 Å². The zero-order valence-electron chi connectivity index (χ0n) is 7.53. The third-order valence-electron chi connectivity index (χ3n) is 2.43. The fourth-order valence-electron chi connectivity index (χ4n) is 1.80. The second-order valence-corrected chi connectivity index (χ2v) is 6.18. The van der Waals surface area contributed by atoms with Gasteiger partial charge in [0.1, 0.15) is 0 Å². The van der Waals surface area contributed by atoms with Gasteiger partial charge in [-0.25, -0.2) is 0 Å². The molecule has 0 nitrogen and oxygen atoms in total. The van der Waals surface area contributed by atoms with Crippen LogP contribution in [-0.2, 0) is 0 Å². The van der Waals surface area contributed by atoms with E-state index in [0.717, 1.165) is 0 Å². The molecule has 0 amide bonds. The maximum absolute atomic E-state index is 2.24. The summed E-state index contributed by atoms with van der Waals surface area (Å²) in [6.07, 6.45) is 0. The third-order valence-corrected chi connectivity index (χ3v) is 4.94. The molecular weight excluding hydrogens is 295 g/mol. The van der Waals surface area contributed by atoms with E-state index >= 15 is 0 Å². The maximum atomic E-state index is 2.24. The van der Waals surface area contributed by atoms with E-state index in [2.05, 4.69) is 42.5 Å². The van der Waals surface area contributed by atoms with Crippen molar-refractivity contribution in [1.29, 1.82) is 0 Å². The molecule has 3 aromatic rings. The fourth-order valence-corrected chi connectivity index (χ4v) is 4.45. The predicted molar refractivity (Wildman–Crippen MR) is 66.1 cm³/mol. The van der Waals surface area contributed by atoms with Crippen LogP contribution in [-0.4, -0.2) is 22.5 Å². The Labute approximate surface area is 99.6 Å². The number of thiophene rings is 1. The van der Waals surface area contributed by atoms with E-state index in [1.807, 2.05) is 11.3 Å². The first-order valence-corrected chi connectivity index (χ1v) is 6.98. The van der Waals surface area contributed by atoms with Crippen molar-refractivity contribution in [2.75, 3.05) is 0 Å². The molecule has 0 aliphatic carbocycles. The third kappa shape index (κ3) is 1.19. The van der Waals surface area contributed by atoms with Crippen molar-refractivity contribution in [1.82, 2.24) is 0 Å². The summed E-state index contributed by atoms with van der Waals surface area (Å²) < 4.78 is 4.34. The van der Waals surface area contributed by atoms with Crippen LogP contribution in [0.1, 0.15) is 0 Å². The Morgan fingerprint density at radius 3 is 2.57 bits per heavy atom. The molecule has 2 heteroatoms. The van der Waals surface area contributed by atoms with Crippen molar-refractivity contribution in [3.05, 3.63) is 42.5 Å². The molecule has 1 aromatic heterocycles. The summed E-state index contributed by atoms with van der Waals surface area (Å²) in [6, 6.07) is 15.3. The molecule has 0 spiro atoms. The van der Waals surface area contributed by atoms with E-state index in [4.69, 9.17) is 0 Å². The van der Waals surface area contributed by atoms with E-state index in [-0.39, 0.29) is 0 Å². The molecule has 2 aromatic carbocycles. The number of fused-ring (bicyclic) bond motifs is 3. The summed E-state index contributed by atoms with van der Waals surface area (Å²) in [7, 11) is 0. The normalized spacial score (nSPS) is 11.2. The number of rotatable bonds is 0. The molecule has 0 aliphatic heterocycles. The standard InChI is InChI=1S/C12H7S.Sn.H/c1-3-7-11-9(5-1)10-6-2-4-8-12(10)13-11;;/h1-5,7-8H;;. The Hall–Kier alpha value is -0.541. The van der Waals surface area contributed by atoms with E-state index in [1.54, 1.807) is 0 Å². The van der Waals surface area contributed by atoms with Gasteiger partial charge in [0.15, 0.2) is 0 Å². The van der Waals surface area contributed by atoms with E-state index in [9.17, 15) is 0 Å². The van der Waals surface area contributed by atoms with Crippen LogP contribution in [0.25, 0.3) is 20.2 Å². The summed E-state index contributed by atoms with van der Waals surface area (Å²) in [5.41, 5.74) is 0. The molecule has 3 rings (SSSR count). The topological polar surface area (TPSA) is 0 Å². The number of hydrogen-bond acceptors (Lipinski definition) is 1. The molecule has 0 N–H and O–H groups in total. The van der Waals surface area contributed by atoms with Crippen molar-refractivity contribution in [3.8, 4) is 0 Å². The number of hydrogen-bond donors (Lipinski definition) is 0. The average molecular weight is 303 g/mol. The molecule has 0 aliphatic rings. The van der Waals surface area contributed by atoms with Crippen LogP contribution < -0.4 is 3.58 Å². The average Bonchev–Trinajstić information content (AvgIpc) is 2.57. The first kappa shape index (κ1) is 8.74. The Morgan fingerprint density at radius 1 is 0.857 bits per heavy atom. The first-order chi connectivity index (χ1) is 6.86. The fraction of sp³-hybridized carbons (Fsp3) is 0. The summed E-state index contributed by atoms with van der Waals surface area (Å²) in [5.74, 6) is 0. The van der Waals surface area contributed by atoms with Gasteiger partial charge in [0.05, 0.1) is 0 Å². The van der Waals surface area contributed by atoms with Gasteiger partial charge < -0.3 is 0 Å². The van der Waals surface area contributed by atoms with Crippen LogP contribution in [0, 0.1) is 0 Å². The Kier molecular flexibility index (Phi) is 2.03. The van der Waals surface area contributed by atoms with Gasteiger partial charge >= 0.3 is 100 Å². The molecule has 0 atom stereocenters. The van der Waals surface area contributed by atoms with Crippen LogP contribution >= 0.6 is 11.3 Å². The summed E-state index contributed by atoms with van der Waals surface area (Å²) in [6.45, 7) is 0. The molecule has 1 heterocycles. The molecule has 2 radical (unpaired) electrons. The molecule has 0 fully saturated rings. The Bertz CT molecular complexity index is 610. The van der Waals surface area contributed by atoms with Crippen molar-refractivity contribution in [3.63, 3.8) is 0 Å². The number of benzene rings is 2. The van der Waals surface area contributed by atoms with Crippen molar-refractivity contribution in [2.24, 2.45) is 0 Å². The van der Waals surface area contributed by atoms with Crippen LogP contribution in [0.15, 0.2) is 42.5 Å². The van der Waals surface area contributed by atoms with Crippen LogP contribution in [0.5, 0.6) is 0 Å². The molecule has 14 heavy (non-hydrogen) atoms. The molecule has 0 unspecified atom stereocenters. The van der Waals surface area contributed by atoms with Gasteiger partial charge in [0.2, 0.25) is 0 Å². The minimum absolute atomic E-state index is 1.20. The quantitative estimate of drug-likeness (QED) is 0.560. The minimum atomic E-state index is 1.20. The molecule has 0 saturated carbocycles. The molecular formula is C12H8SSn. The Balaban J connectivity index is 2.65. The zero-order valence-corrected chi connectivity index (χ0v) is 11.6. The van der Waals surface area contributed by atoms with Gasteiger partial charge in [0.25, 0.3) is 0 Å². The summed E-state index contributed by atoms with van der Waals surface area (Å²) in [4.78, 5) is 0. The van der Waals surface area contributed by atoms with Crippen LogP contribution in [0.3, 0.4) is 0 Å². The van der Waals surface area contributed by atoms with Gasteiger partial charge in [-0.05, 0) is 0 Å². The monoisotopic (exact) mass is 304 g/mol. The molecule has 0 saturated heterocycles. The molecule has 0 bridgehead atoms.